The van der Waals surface area contributed by atoms with Gasteiger partial charge in [0.1, 0.15) is 23.0 Å². The molecule has 0 spiro atoms. The van der Waals surface area contributed by atoms with E-state index in [2.05, 4.69) is 4.98 Å². The predicted molar refractivity (Wildman–Crippen MR) is 106 cm³/mol. The quantitative estimate of drug-likeness (QED) is 0.550. The number of rotatable bonds is 7. The molecule has 154 valence electrons. The summed E-state index contributed by atoms with van der Waals surface area (Å²) in [5.74, 6) is -1.08. The first-order valence-corrected chi connectivity index (χ1v) is 10.6. The highest BCUT2D eigenvalue weighted by Gasteiger charge is 2.26. The Morgan fingerprint density at radius 2 is 1.97 bits per heavy atom. The number of benzene rings is 1. The summed E-state index contributed by atoms with van der Waals surface area (Å²) in [5, 5.41) is 0.340. The van der Waals surface area contributed by atoms with Crippen LogP contribution >= 0.6 is 0 Å². The van der Waals surface area contributed by atoms with Gasteiger partial charge in [-0.3, -0.25) is 4.98 Å². The summed E-state index contributed by atoms with van der Waals surface area (Å²) in [7, 11) is -2.11. The number of esters is 1. The molecular formula is C20H22FN3O4S. The zero-order valence-corrected chi connectivity index (χ0v) is 17.2. The van der Waals surface area contributed by atoms with E-state index < -0.39 is 21.8 Å². The fourth-order valence-corrected chi connectivity index (χ4v) is 4.65. The Kier molecular flexibility index (Phi) is 5.99. The van der Waals surface area contributed by atoms with E-state index >= 15 is 0 Å². The molecule has 29 heavy (non-hydrogen) atoms. The molecular weight excluding hydrogens is 397 g/mol. The van der Waals surface area contributed by atoms with Gasteiger partial charge in [0, 0.05) is 43.5 Å². The average molecular weight is 419 g/mol. The van der Waals surface area contributed by atoms with Gasteiger partial charge < -0.3 is 9.30 Å². The van der Waals surface area contributed by atoms with Crippen LogP contribution in [0.5, 0.6) is 0 Å². The van der Waals surface area contributed by atoms with Gasteiger partial charge in [-0.1, -0.05) is 19.9 Å². The lowest BCUT2D eigenvalue weighted by molar-refractivity contribution is 0.0463. The molecule has 0 atom stereocenters. The molecule has 3 rings (SSSR count). The summed E-state index contributed by atoms with van der Waals surface area (Å²) in [6.45, 7) is 4.05. The first-order valence-electron chi connectivity index (χ1n) is 9.15. The average Bonchev–Trinajstić information content (AvgIpc) is 3.11. The van der Waals surface area contributed by atoms with Crippen molar-refractivity contribution in [3.63, 3.8) is 0 Å². The highest BCUT2D eigenvalue weighted by atomic mass is 32.2. The number of hydrogen-bond acceptors (Lipinski definition) is 5. The molecule has 0 unspecified atom stereocenters. The van der Waals surface area contributed by atoms with Gasteiger partial charge in [-0.2, -0.15) is 4.31 Å². The number of aromatic nitrogens is 2. The highest BCUT2D eigenvalue weighted by Crippen LogP contribution is 2.22. The molecule has 0 bridgehead atoms. The molecule has 0 saturated carbocycles. The number of halogens is 1. The SMILES string of the molecule is CCN(CC)S(=O)(=O)c1cc(C(=O)OCc2ccc(F)c3cccnc23)n(C)c1. The molecule has 1 aromatic carbocycles. The van der Waals surface area contributed by atoms with Gasteiger partial charge in [0.15, 0.2) is 0 Å². The Hall–Kier alpha value is -2.78. The molecule has 9 heteroatoms. The van der Waals surface area contributed by atoms with Crippen molar-refractivity contribution in [1.29, 1.82) is 0 Å². The monoisotopic (exact) mass is 419 g/mol. The largest absolute Gasteiger partial charge is 0.456 e. The smallest absolute Gasteiger partial charge is 0.355 e. The molecule has 0 amide bonds. The fraction of sp³-hybridized carbons (Fsp3) is 0.300. The third kappa shape index (κ3) is 4.01. The first-order chi connectivity index (χ1) is 13.8. The fourth-order valence-electron chi connectivity index (χ4n) is 3.12. The van der Waals surface area contributed by atoms with Crippen molar-refractivity contribution in [1.82, 2.24) is 13.9 Å². The molecule has 0 radical (unpaired) electrons. The van der Waals surface area contributed by atoms with Gasteiger partial charge in [-0.05, 0) is 24.3 Å². The van der Waals surface area contributed by atoms with Gasteiger partial charge in [0.25, 0.3) is 0 Å². The molecule has 7 nitrogen and oxygen atoms in total. The second-order valence-electron chi connectivity index (χ2n) is 6.44. The molecule has 0 saturated heterocycles. The number of fused-ring (bicyclic) bond motifs is 1. The van der Waals surface area contributed by atoms with E-state index in [1.807, 2.05) is 0 Å². The summed E-state index contributed by atoms with van der Waals surface area (Å²) in [4.78, 5) is 16.7. The van der Waals surface area contributed by atoms with E-state index in [-0.39, 0.29) is 17.2 Å². The normalized spacial score (nSPS) is 11.9. The van der Waals surface area contributed by atoms with E-state index in [1.165, 1.54) is 39.5 Å². The lowest BCUT2D eigenvalue weighted by Crippen LogP contribution is -2.30. The van der Waals surface area contributed by atoms with Crippen molar-refractivity contribution < 1.29 is 22.3 Å². The van der Waals surface area contributed by atoms with Crippen molar-refractivity contribution in [2.45, 2.75) is 25.3 Å². The van der Waals surface area contributed by atoms with Gasteiger partial charge in [-0.15, -0.1) is 0 Å². The van der Waals surface area contributed by atoms with E-state index in [4.69, 9.17) is 4.74 Å². The Balaban J connectivity index is 1.83. The van der Waals surface area contributed by atoms with Crippen molar-refractivity contribution in [2.75, 3.05) is 13.1 Å². The maximum atomic E-state index is 13.9. The molecule has 2 heterocycles. The van der Waals surface area contributed by atoms with Gasteiger partial charge >= 0.3 is 5.97 Å². The Morgan fingerprint density at radius 3 is 2.66 bits per heavy atom. The number of nitrogens with zero attached hydrogens (tertiary/aromatic N) is 3. The van der Waals surface area contributed by atoms with Crippen molar-refractivity contribution in [2.24, 2.45) is 7.05 Å². The Morgan fingerprint density at radius 1 is 1.24 bits per heavy atom. The maximum absolute atomic E-state index is 13.9. The molecule has 2 aromatic heterocycles. The molecule has 0 fully saturated rings. The highest BCUT2D eigenvalue weighted by molar-refractivity contribution is 7.89. The second kappa shape index (κ2) is 8.30. The number of pyridine rings is 1. The number of aryl methyl sites for hydroxylation is 1. The summed E-state index contributed by atoms with van der Waals surface area (Å²) < 4.78 is 47.3. The van der Waals surface area contributed by atoms with E-state index in [0.29, 0.717) is 29.6 Å². The van der Waals surface area contributed by atoms with Crippen LogP contribution in [0.2, 0.25) is 0 Å². The van der Waals surface area contributed by atoms with Gasteiger partial charge in [0.05, 0.1) is 5.52 Å². The van der Waals surface area contributed by atoms with Crippen LogP contribution in [-0.2, 0) is 28.4 Å². The van der Waals surface area contributed by atoms with Gasteiger partial charge in [-0.25, -0.2) is 17.6 Å². The number of ether oxygens (including phenoxy) is 1. The summed E-state index contributed by atoms with van der Waals surface area (Å²) >= 11 is 0. The third-order valence-electron chi connectivity index (χ3n) is 4.69. The van der Waals surface area contributed by atoms with Crippen LogP contribution in [0.3, 0.4) is 0 Å². The minimum absolute atomic E-state index is 0.0320. The van der Waals surface area contributed by atoms with Gasteiger partial charge in [0.2, 0.25) is 10.0 Å². The van der Waals surface area contributed by atoms with Crippen LogP contribution < -0.4 is 0 Å². The van der Waals surface area contributed by atoms with E-state index in [1.54, 1.807) is 33.0 Å². The molecule has 0 aliphatic carbocycles. The predicted octanol–water partition coefficient (Wildman–Crippen LogP) is 3.10. The summed E-state index contributed by atoms with van der Waals surface area (Å²) in [5.41, 5.74) is 1.08. The second-order valence-corrected chi connectivity index (χ2v) is 8.38. The molecule has 0 N–H and O–H groups in total. The molecule has 0 aliphatic rings. The first kappa shape index (κ1) is 20.9. The topological polar surface area (TPSA) is 81.5 Å². The van der Waals surface area contributed by atoms with Crippen LogP contribution in [0.1, 0.15) is 29.9 Å². The number of carbonyl (C=O) groups excluding carboxylic acids is 1. The van der Waals surface area contributed by atoms with Crippen molar-refractivity contribution in [3.8, 4) is 0 Å². The molecule has 3 aromatic rings. The minimum atomic E-state index is -3.68. The number of hydrogen-bond donors (Lipinski definition) is 0. The maximum Gasteiger partial charge on any atom is 0.355 e. The standard InChI is InChI=1S/C20H22FN3O4S/c1-4-24(5-2)29(26,27)15-11-18(23(3)12-15)20(25)28-13-14-8-9-17(21)16-7-6-10-22-19(14)16/h6-12H,4-5,13H2,1-3H3. The Bertz CT molecular complexity index is 1150. The van der Waals surface area contributed by atoms with Crippen molar-refractivity contribution >= 4 is 26.9 Å². The van der Waals surface area contributed by atoms with Crippen LogP contribution in [0.15, 0.2) is 47.6 Å². The van der Waals surface area contributed by atoms with Crippen LogP contribution in [0.25, 0.3) is 10.9 Å². The number of sulfonamides is 1. The van der Waals surface area contributed by atoms with E-state index in [9.17, 15) is 17.6 Å². The Labute approximate surface area is 168 Å². The third-order valence-corrected chi connectivity index (χ3v) is 6.71. The summed E-state index contributed by atoms with van der Waals surface area (Å²) in [6, 6.07) is 7.34. The zero-order valence-electron chi connectivity index (χ0n) is 16.4. The van der Waals surface area contributed by atoms with Crippen molar-refractivity contribution in [3.05, 3.63) is 59.8 Å². The van der Waals surface area contributed by atoms with Crippen LogP contribution in [0.4, 0.5) is 4.39 Å². The zero-order chi connectivity index (χ0) is 21.2. The lowest BCUT2D eigenvalue weighted by atomic mass is 10.1. The summed E-state index contributed by atoms with van der Waals surface area (Å²) in [6.07, 6.45) is 2.92. The van der Waals surface area contributed by atoms with E-state index in [0.717, 1.165) is 0 Å². The van der Waals surface area contributed by atoms with Crippen LogP contribution in [0, 0.1) is 5.82 Å². The van der Waals surface area contributed by atoms with Crippen LogP contribution in [-0.4, -0.2) is 41.3 Å². The number of carbonyl (C=O) groups is 1. The lowest BCUT2D eigenvalue weighted by Gasteiger charge is -2.17. The molecule has 0 aliphatic heterocycles. The minimum Gasteiger partial charge on any atom is -0.456 e.